The largest absolute Gasteiger partial charge is 0.448 e. The molecule has 1 saturated carbocycles. The Labute approximate surface area is 125 Å². The van der Waals surface area contributed by atoms with Gasteiger partial charge in [0.15, 0.2) is 11.5 Å². The summed E-state index contributed by atoms with van der Waals surface area (Å²) >= 11 is 0. The van der Waals surface area contributed by atoms with Gasteiger partial charge in [-0.1, -0.05) is 13.8 Å². The molecule has 5 rings (SSSR count). The summed E-state index contributed by atoms with van der Waals surface area (Å²) in [5.41, 5.74) is -0.471. The first-order valence-electron chi connectivity index (χ1n) is 8.18. The summed E-state index contributed by atoms with van der Waals surface area (Å²) in [5, 5.41) is 0. The van der Waals surface area contributed by atoms with E-state index in [9.17, 15) is 0 Å². The van der Waals surface area contributed by atoms with Crippen molar-refractivity contribution in [2.24, 2.45) is 28.7 Å². The van der Waals surface area contributed by atoms with Crippen LogP contribution in [0.3, 0.4) is 0 Å². The van der Waals surface area contributed by atoms with Gasteiger partial charge in [-0.05, 0) is 32.1 Å². The van der Waals surface area contributed by atoms with Crippen molar-refractivity contribution in [2.45, 2.75) is 64.1 Å². The molecule has 0 amide bonds. The lowest BCUT2D eigenvalue weighted by atomic mass is 9.58. The lowest BCUT2D eigenvalue weighted by Crippen LogP contribution is -2.69. The first kappa shape index (κ1) is 14.0. The van der Waals surface area contributed by atoms with Gasteiger partial charge in [-0.25, -0.2) is 9.78 Å². The Bertz CT molecular complexity index is 481. The zero-order valence-corrected chi connectivity index (χ0v) is 13.3. The molecule has 5 heteroatoms. The van der Waals surface area contributed by atoms with Crippen LogP contribution >= 0.6 is 0 Å². The maximum Gasteiger partial charge on any atom is 0.237 e. The van der Waals surface area contributed by atoms with Crippen LogP contribution in [0.15, 0.2) is 4.99 Å². The van der Waals surface area contributed by atoms with E-state index >= 15 is 0 Å². The molecule has 5 fully saturated rings. The van der Waals surface area contributed by atoms with E-state index in [0.29, 0.717) is 17.8 Å². The summed E-state index contributed by atoms with van der Waals surface area (Å²) < 4.78 is 12.3. The van der Waals surface area contributed by atoms with E-state index < -0.39 is 17.7 Å². The molecule has 118 valence electrons. The van der Waals surface area contributed by atoms with E-state index in [0.717, 1.165) is 25.2 Å². The van der Waals surface area contributed by atoms with Crippen LogP contribution in [0, 0.1) is 23.7 Å². The number of hydrogen-bond donors (Lipinski definition) is 0. The van der Waals surface area contributed by atoms with Crippen molar-refractivity contribution in [3.05, 3.63) is 0 Å². The standard InChI is InChI=1S/C16H25NO4/c1-9-5-6-12-10(2)13(17-4)18-14-16(12)11(9)7-8-15(3,19-14)20-21-16/h9-12,14H,5-8H2,1-4H3/b17-13+. The first-order valence-corrected chi connectivity index (χ1v) is 8.18. The second-order valence-corrected chi connectivity index (χ2v) is 7.38. The predicted molar refractivity (Wildman–Crippen MR) is 76.4 cm³/mol. The molecule has 0 aromatic rings. The molecule has 2 bridgehead atoms. The summed E-state index contributed by atoms with van der Waals surface area (Å²) in [6, 6.07) is 0. The molecule has 4 saturated heterocycles. The van der Waals surface area contributed by atoms with Gasteiger partial charge in [-0.3, -0.25) is 4.99 Å². The highest BCUT2D eigenvalue weighted by molar-refractivity contribution is 5.80. The molecule has 21 heavy (non-hydrogen) atoms. The fourth-order valence-corrected chi connectivity index (χ4v) is 5.03. The number of hydrogen-bond acceptors (Lipinski definition) is 5. The van der Waals surface area contributed by atoms with Crippen molar-refractivity contribution in [2.75, 3.05) is 7.05 Å². The lowest BCUT2D eigenvalue weighted by Gasteiger charge is -2.58. The zero-order chi connectivity index (χ0) is 14.8. The Morgan fingerprint density at radius 1 is 1.10 bits per heavy atom. The van der Waals surface area contributed by atoms with Gasteiger partial charge in [0.1, 0.15) is 0 Å². The Morgan fingerprint density at radius 3 is 2.67 bits per heavy atom. The van der Waals surface area contributed by atoms with E-state index in [-0.39, 0.29) is 5.92 Å². The molecule has 0 aromatic heterocycles. The molecule has 1 aliphatic carbocycles. The van der Waals surface area contributed by atoms with E-state index in [1.165, 1.54) is 6.42 Å². The van der Waals surface area contributed by atoms with Gasteiger partial charge in [-0.15, -0.1) is 0 Å². The Morgan fingerprint density at radius 2 is 1.90 bits per heavy atom. The van der Waals surface area contributed by atoms with Crippen LogP contribution < -0.4 is 0 Å². The SMILES string of the molecule is C/N=C1/OC2OC3(C)CCC4C(C)CCC(C1C)C24OO3. The van der Waals surface area contributed by atoms with Gasteiger partial charge >= 0.3 is 0 Å². The number of ether oxygens (including phenoxy) is 2. The second kappa shape index (κ2) is 4.43. The molecule has 0 radical (unpaired) electrons. The average Bonchev–Trinajstić information content (AvgIpc) is 2.69. The van der Waals surface area contributed by atoms with Gasteiger partial charge in [0, 0.05) is 31.2 Å². The van der Waals surface area contributed by atoms with Crippen LogP contribution in [0.5, 0.6) is 0 Å². The molecule has 0 aromatic carbocycles. The molecule has 7 atom stereocenters. The number of rotatable bonds is 0. The second-order valence-electron chi connectivity index (χ2n) is 7.38. The number of fused-ring (bicyclic) bond motifs is 2. The van der Waals surface area contributed by atoms with Crippen molar-refractivity contribution in [1.82, 2.24) is 0 Å². The first-order chi connectivity index (χ1) is 10.00. The van der Waals surface area contributed by atoms with Gasteiger partial charge in [0.05, 0.1) is 0 Å². The fourth-order valence-electron chi connectivity index (χ4n) is 5.03. The van der Waals surface area contributed by atoms with Gasteiger partial charge in [0.2, 0.25) is 12.1 Å². The molecule has 5 aliphatic rings. The Hall–Kier alpha value is -0.650. The highest BCUT2D eigenvalue weighted by atomic mass is 17.3. The van der Waals surface area contributed by atoms with Crippen LogP contribution in [0.2, 0.25) is 0 Å². The molecular formula is C16H25NO4. The number of aliphatic imine (C=N–C) groups is 1. The molecule has 0 N–H and O–H groups in total. The molecule has 7 unspecified atom stereocenters. The van der Waals surface area contributed by atoms with Crippen LogP contribution in [0.1, 0.15) is 46.5 Å². The molecule has 4 heterocycles. The van der Waals surface area contributed by atoms with Crippen molar-refractivity contribution < 1.29 is 19.2 Å². The maximum absolute atomic E-state index is 6.21. The smallest absolute Gasteiger partial charge is 0.237 e. The fraction of sp³-hybridized carbons (Fsp3) is 0.938. The van der Waals surface area contributed by atoms with Gasteiger partial charge in [0.25, 0.3) is 0 Å². The van der Waals surface area contributed by atoms with Crippen LogP contribution in [0.4, 0.5) is 0 Å². The van der Waals surface area contributed by atoms with E-state index in [2.05, 4.69) is 18.8 Å². The van der Waals surface area contributed by atoms with E-state index in [1.807, 2.05) is 6.92 Å². The molecule has 5 nitrogen and oxygen atoms in total. The van der Waals surface area contributed by atoms with Crippen LogP contribution in [0.25, 0.3) is 0 Å². The van der Waals surface area contributed by atoms with Crippen molar-refractivity contribution >= 4 is 5.90 Å². The zero-order valence-electron chi connectivity index (χ0n) is 13.3. The van der Waals surface area contributed by atoms with Crippen molar-refractivity contribution in [3.63, 3.8) is 0 Å². The summed E-state index contributed by atoms with van der Waals surface area (Å²) in [4.78, 5) is 16.1. The summed E-state index contributed by atoms with van der Waals surface area (Å²) in [5.74, 6) is 1.72. The quantitative estimate of drug-likeness (QED) is 0.645. The predicted octanol–water partition coefficient (Wildman–Crippen LogP) is 2.90. The van der Waals surface area contributed by atoms with Crippen LogP contribution in [-0.2, 0) is 19.2 Å². The van der Waals surface area contributed by atoms with Crippen molar-refractivity contribution in [3.8, 4) is 0 Å². The molecule has 1 spiro atoms. The van der Waals surface area contributed by atoms with Gasteiger partial charge in [-0.2, -0.15) is 0 Å². The summed E-state index contributed by atoms with van der Waals surface area (Å²) in [7, 11) is 1.79. The molecular weight excluding hydrogens is 270 g/mol. The Balaban J connectivity index is 1.83. The minimum atomic E-state index is -0.697. The summed E-state index contributed by atoms with van der Waals surface area (Å²) in [6.07, 6.45) is 3.86. The minimum Gasteiger partial charge on any atom is -0.448 e. The average molecular weight is 295 g/mol. The van der Waals surface area contributed by atoms with Crippen molar-refractivity contribution in [1.29, 1.82) is 0 Å². The highest BCUT2D eigenvalue weighted by Crippen LogP contribution is 2.59. The van der Waals surface area contributed by atoms with E-state index in [4.69, 9.17) is 19.2 Å². The Kier molecular flexibility index (Phi) is 2.95. The topological polar surface area (TPSA) is 49.3 Å². The van der Waals surface area contributed by atoms with E-state index in [1.54, 1.807) is 7.05 Å². The third kappa shape index (κ3) is 1.71. The van der Waals surface area contributed by atoms with Gasteiger partial charge < -0.3 is 9.47 Å². The maximum atomic E-state index is 6.21. The third-order valence-corrected chi connectivity index (χ3v) is 6.22. The highest BCUT2D eigenvalue weighted by Gasteiger charge is 2.69. The minimum absolute atomic E-state index is 0.246. The summed E-state index contributed by atoms with van der Waals surface area (Å²) in [6.45, 7) is 6.46. The monoisotopic (exact) mass is 295 g/mol. The van der Waals surface area contributed by atoms with Crippen LogP contribution in [-0.4, -0.2) is 30.6 Å². The lowest BCUT2D eigenvalue weighted by molar-refractivity contribution is -0.557. The third-order valence-electron chi connectivity index (χ3n) is 6.22. The number of nitrogens with zero attached hydrogens (tertiary/aromatic N) is 1. The normalized spacial score (nSPS) is 57.5. The molecule has 4 aliphatic heterocycles.